The second kappa shape index (κ2) is 5.13. The molecule has 20 heavy (non-hydrogen) atoms. The first-order valence-electron chi connectivity index (χ1n) is 6.12. The van der Waals surface area contributed by atoms with E-state index in [2.05, 4.69) is 15.9 Å². The molecule has 0 amide bonds. The van der Waals surface area contributed by atoms with Crippen LogP contribution in [-0.4, -0.2) is 42.2 Å². The number of aliphatic carboxylic acids is 1. The molecule has 0 bridgehead atoms. The van der Waals surface area contributed by atoms with Crippen molar-refractivity contribution in [2.75, 3.05) is 12.4 Å². The fourth-order valence-electron chi connectivity index (χ4n) is 2.77. The summed E-state index contributed by atoms with van der Waals surface area (Å²) in [5, 5.41) is 17.8. The summed E-state index contributed by atoms with van der Waals surface area (Å²) in [7, 11) is -3.55. The SMILES string of the molecule is CCS(=O)(=O)[C@H]1[C@H](c2ccc(Br)cc2)[C@@]1(CO)C(=O)O. The number of halogens is 1. The lowest BCUT2D eigenvalue weighted by molar-refractivity contribution is -0.145. The summed E-state index contributed by atoms with van der Waals surface area (Å²) >= 11 is 3.27. The minimum Gasteiger partial charge on any atom is -0.481 e. The Bertz CT molecular complexity index is 625. The zero-order chi connectivity index (χ0) is 15.1. The molecule has 110 valence electrons. The van der Waals surface area contributed by atoms with Gasteiger partial charge in [-0.2, -0.15) is 0 Å². The highest BCUT2D eigenvalue weighted by Gasteiger charge is 2.75. The van der Waals surface area contributed by atoms with Crippen molar-refractivity contribution in [3.8, 4) is 0 Å². The number of aliphatic hydroxyl groups is 1. The molecule has 7 heteroatoms. The molecular weight excluding hydrogens is 348 g/mol. The maximum Gasteiger partial charge on any atom is 0.314 e. The van der Waals surface area contributed by atoms with Gasteiger partial charge in [0.05, 0.1) is 11.9 Å². The van der Waals surface area contributed by atoms with E-state index in [0.717, 1.165) is 4.47 Å². The van der Waals surface area contributed by atoms with Gasteiger partial charge >= 0.3 is 5.97 Å². The first-order chi connectivity index (χ1) is 9.31. The lowest BCUT2D eigenvalue weighted by atomic mass is 10.0. The number of rotatable bonds is 5. The molecule has 1 saturated carbocycles. The summed E-state index contributed by atoms with van der Waals surface area (Å²) in [6, 6.07) is 6.83. The summed E-state index contributed by atoms with van der Waals surface area (Å²) in [5.74, 6) is -2.11. The van der Waals surface area contributed by atoms with Crippen molar-refractivity contribution in [1.82, 2.24) is 0 Å². The quantitative estimate of drug-likeness (QED) is 0.826. The minimum atomic E-state index is -3.55. The van der Waals surface area contributed by atoms with Crippen LogP contribution in [0, 0.1) is 5.41 Å². The molecule has 3 atom stereocenters. The average Bonchev–Trinajstić information content (AvgIpc) is 3.11. The molecule has 1 aliphatic rings. The van der Waals surface area contributed by atoms with Crippen LogP contribution in [0.3, 0.4) is 0 Å². The van der Waals surface area contributed by atoms with Crippen LogP contribution in [-0.2, 0) is 14.6 Å². The van der Waals surface area contributed by atoms with Gasteiger partial charge in [0.2, 0.25) is 0 Å². The molecule has 1 aliphatic carbocycles. The summed E-state index contributed by atoms with van der Waals surface area (Å²) in [4.78, 5) is 11.5. The van der Waals surface area contributed by atoms with E-state index in [-0.39, 0.29) is 5.75 Å². The number of hydrogen-bond donors (Lipinski definition) is 2. The van der Waals surface area contributed by atoms with Gasteiger partial charge in [-0.15, -0.1) is 0 Å². The largest absolute Gasteiger partial charge is 0.481 e. The van der Waals surface area contributed by atoms with Gasteiger partial charge in [-0.25, -0.2) is 8.42 Å². The smallest absolute Gasteiger partial charge is 0.314 e. The van der Waals surface area contributed by atoms with Crippen LogP contribution in [0.2, 0.25) is 0 Å². The van der Waals surface area contributed by atoms with Crippen LogP contribution >= 0.6 is 15.9 Å². The maximum atomic E-state index is 12.1. The number of aliphatic hydroxyl groups excluding tert-OH is 1. The Morgan fingerprint density at radius 1 is 1.35 bits per heavy atom. The van der Waals surface area contributed by atoms with Crippen molar-refractivity contribution in [3.05, 3.63) is 34.3 Å². The highest BCUT2D eigenvalue weighted by Crippen LogP contribution is 2.63. The predicted octanol–water partition coefficient (Wildman–Crippen LogP) is 1.41. The molecule has 0 radical (unpaired) electrons. The molecule has 0 aliphatic heterocycles. The molecule has 0 heterocycles. The number of carbonyl (C=O) groups is 1. The van der Waals surface area contributed by atoms with Gasteiger partial charge in [-0.1, -0.05) is 35.0 Å². The van der Waals surface area contributed by atoms with Gasteiger partial charge < -0.3 is 10.2 Å². The van der Waals surface area contributed by atoms with E-state index in [1.165, 1.54) is 6.92 Å². The van der Waals surface area contributed by atoms with Gasteiger partial charge in [-0.05, 0) is 17.7 Å². The predicted molar refractivity (Wildman–Crippen MR) is 77.3 cm³/mol. The van der Waals surface area contributed by atoms with Crippen LogP contribution in [0.25, 0.3) is 0 Å². The monoisotopic (exact) mass is 362 g/mol. The van der Waals surface area contributed by atoms with Crippen LogP contribution in [0.1, 0.15) is 18.4 Å². The Labute approximate surface area is 125 Å². The molecule has 1 aromatic carbocycles. The molecule has 2 N–H and O–H groups in total. The Kier molecular flexibility index (Phi) is 3.96. The Morgan fingerprint density at radius 2 is 1.90 bits per heavy atom. The van der Waals surface area contributed by atoms with E-state index in [1.807, 2.05) is 0 Å². The maximum absolute atomic E-state index is 12.1. The van der Waals surface area contributed by atoms with Crippen LogP contribution < -0.4 is 0 Å². The Hall–Kier alpha value is -0.920. The lowest BCUT2D eigenvalue weighted by Crippen LogP contribution is -2.28. The standard InChI is InChI=1S/C13H15BrO5S/c1-2-20(18,19)11-10(13(11,7-15)12(16)17)8-3-5-9(14)6-4-8/h3-6,10-11,15H,2,7H2,1H3,(H,16,17)/t10-,11-,13+/m0/s1. The fourth-order valence-corrected chi connectivity index (χ4v) is 5.09. The van der Waals surface area contributed by atoms with E-state index in [1.54, 1.807) is 24.3 Å². The van der Waals surface area contributed by atoms with Crippen LogP contribution in [0.4, 0.5) is 0 Å². The number of hydrogen-bond acceptors (Lipinski definition) is 4. The molecule has 1 aromatic rings. The van der Waals surface area contributed by atoms with E-state index in [9.17, 15) is 23.4 Å². The Morgan fingerprint density at radius 3 is 2.30 bits per heavy atom. The lowest BCUT2D eigenvalue weighted by Gasteiger charge is -2.08. The number of benzene rings is 1. The van der Waals surface area contributed by atoms with Crippen molar-refractivity contribution in [1.29, 1.82) is 0 Å². The van der Waals surface area contributed by atoms with Crippen molar-refractivity contribution in [2.45, 2.75) is 18.1 Å². The van der Waals surface area contributed by atoms with Gasteiger partial charge in [0, 0.05) is 16.1 Å². The van der Waals surface area contributed by atoms with Gasteiger partial charge in [0.15, 0.2) is 9.84 Å². The second-order valence-corrected chi connectivity index (χ2v) is 8.23. The number of carboxylic acid groups (broad SMARTS) is 1. The molecule has 0 spiro atoms. The minimum absolute atomic E-state index is 0.139. The molecule has 0 saturated heterocycles. The third-order valence-electron chi connectivity index (χ3n) is 3.93. The summed E-state index contributed by atoms with van der Waals surface area (Å²) in [6.45, 7) is 0.795. The number of carboxylic acids is 1. The normalized spacial score (nSPS) is 29.1. The van der Waals surface area contributed by atoms with E-state index in [4.69, 9.17) is 0 Å². The van der Waals surface area contributed by atoms with Crippen LogP contribution in [0.5, 0.6) is 0 Å². The highest BCUT2D eigenvalue weighted by atomic mass is 79.9. The van der Waals surface area contributed by atoms with Crippen molar-refractivity contribution in [2.24, 2.45) is 5.41 Å². The molecular formula is C13H15BrO5S. The van der Waals surface area contributed by atoms with E-state index < -0.39 is 39.0 Å². The van der Waals surface area contributed by atoms with Crippen molar-refractivity contribution >= 4 is 31.7 Å². The van der Waals surface area contributed by atoms with Crippen LogP contribution in [0.15, 0.2) is 28.7 Å². The van der Waals surface area contributed by atoms with E-state index in [0.29, 0.717) is 5.56 Å². The summed E-state index contributed by atoms with van der Waals surface area (Å²) in [6.07, 6.45) is 0. The molecule has 0 unspecified atom stereocenters. The van der Waals surface area contributed by atoms with Gasteiger partial charge in [-0.3, -0.25) is 4.79 Å². The molecule has 2 rings (SSSR count). The zero-order valence-electron chi connectivity index (χ0n) is 10.8. The Balaban J connectivity index is 2.50. The third kappa shape index (κ3) is 2.17. The average molecular weight is 363 g/mol. The van der Waals surface area contributed by atoms with Gasteiger partial charge in [0.25, 0.3) is 0 Å². The summed E-state index contributed by atoms with van der Waals surface area (Å²) in [5.41, 5.74) is -1.01. The molecule has 1 fully saturated rings. The van der Waals surface area contributed by atoms with Crippen molar-refractivity contribution < 1.29 is 23.4 Å². The van der Waals surface area contributed by atoms with Crippen molar-refractivity contribution in [3.63, 3.8) is 0 Å². The van der Waals surface area contributed by atoms with Gasteiger partial charge in [0.1, 0.15) is 5.41 Å². The fraction of sp³-hybridized carbons (Fsp3) is 0.462. The topological polar surface area (TPSA) is 91.7 Å². The third-order valence-corrected chi connectivity index (χ3v) is 6.73. The summed E-state index contributed by atoms with van der Waals surface area (Å²) < 4.78 is 25.0. The number of sulfone groups is 1. The first-order valence-corrected chi connectivity index (χ1v) is 8.63. The second-order valence-electron chi connectivity index (χ2n) is 4.90. The first kappa shape index (κ1) is 15.5. The molecule has 0 aromatic heterocycles. The molecule has 5 nitrogen and oxygen atoms in total. The van der Waals surface area contributed by atoms with E-state index >= 15 is 0 Å². The highest BCUT2D eigenvalue weighted by molar-refractivity contribution is 9.10. The zero-order valence-corrected chi connectivity index (χ0v) is 13.2.